The van der Waals surface area contributed by atoms with Gasteiger partial charge in [0.1, 0.15) is 0 Å². The summed E-state index contributed by atoms with van der Waals surface area (Å²) in [5.74, 6) is 0. The van der Waals surface area contributed by atoms with Crippen molar-refractivity contribution in [2.75, 3.05) is 0 Å². The van der Waals surface area contributed by atoms with Gasteiger partial charge in [-0.3, -0.25) is 0 Å². The first-order valence-corrected chi connectivity index (χ1v) is 6.58. The maximum absolute atomic E-state index is 3.05. The smallest absolute Gasteiger partial charge is 0.0184 e. The van der Waals surface area contributed by atoms with Gasteiger partial charge in [-0.15, -0.1) is 0 Å². The summed E-state index contributed by atoms with van der Waals surface area (Å²) >= 11 is 0. The fraction of sp³-hybridized carbons (Fsp3) is 0. The van der Waals surface area contributed by atoms with E-state index in [9.17, 15) is 0 Å². The molecule has 0 saturated carbocycles. The Hall–Kier alpha value is -2.60. The number of allylic oxidation sites excluding steroid dienone is 20. The lowest BCUT2D eigenvalue weighted by atomic mass is 10.3. The Balaban J connectivity index is 2.67. The Morgan fingerprint density at radius 2 is 0.600 bits per heavy atom. The van der Waals surface area contributed by atoms with Gasteiger partial charge in [-0.05, 0) is 6.08 Å². The molecule has 99 valence electrons. The summed E-state index contributed by atoms with van der Waals surface area (Å²) in [5, 5.41) is 0. The summed E-state index contributed by atoms with van der Waals surface area (Å²) in [6.45, 7) is 0. The molecule has 0 amide bonds. The van der Waals surface area contributed by atoms with Crippen LogP contribution in [-0.2, 0) is 0 Å². The van der Waals surface area contributed by atoms with E-state index in [-0.39, 0.29) is 0 Å². The molecular formula is C20H19. The lowest BCUT2D eigenvalue weighted by molar-refractivity contribution is 1.78. The maximum atomic E-state index is 3.05. The molecule has 1 aliphatic rings. The van der Waals surface area contributed by atoms with Crippen molar-refractivity contribution in [3.05, 3.63) is 122 Å². The van der Waals surface area contributed by atoms with Gasteiger partial charge in [0.2, 0.25) is 0 Å². The van der Waals surface area contributed by atoms with Crippen molar-refractivity contribution in [1.82, 2.24) is 0 Å². The van der Waals surface area contributed by atoms with Gasteiger partial charge < -0.3 is 0 Å². The standard InChI is InChI=1S/C20H19/c1-2-4-6-8-10-12-14-16-18-20-19-17-15-13-11-9-7-5-3-1/h1-19H/b2-1-,3-1?,4-2?,5-3+,6-4+,7-5?,8-6?,9-7+,10-8+,11-9?,12-10?,13-11-,14-12+,15-13?,16-14?,17-15+,18-16+,19-17?,20-18?,20-19?. The van der Waals surface area contributed by atoms with Gasteiger partial charge in [0.25, 0.3) is 0 Å². The van der Waals surface area contributed by atoms with Crippen LogP contribution in [-0.4, -0.2) is 0 Å². The summed E-state index contributed by atoms with van der Waals surface area (Å²) in [6.07, 6.45) is 40.5. The van der Waals surface area contributed by atoms with E-state index in [0.29, 0.717) is 0 Å². The molecule has 1 radical (unpaired) electrons. The van der Waals surface area contributed by atoms with Crippen molar-refractivity contribution < 1.29 is 0 Å². The van der Waals surface area contributed by atoms with Crippen LogP contribution < -0.4 is 0 Å². The molecule has 0 atom stereocenters. The van der Waals surface area contributed by atoms with Crippen molar-refractivity contribution in [3.63, 3.8) is 0 Å². The minimum atomic E-state index is 1.88. The van der Waals surface area contributed by atoms with Gasteiger partial charge in [-0.1, -0.05) is 115 Å². The first-order chi connectivity index (χ1) is 10.0. The molecule has 0 nitrogen and oxygen atoms in total. The second kappa shape index (κ2) is 12.8. The second-order valence-corrected chi connectivity index (χ2v) is 3.77. The van der Waals surface area contributed by atoms with Crippen LogP contribution in [0.15, 0.2) is 115 Å². The zero-order valence-electron chi connectivity index (χ0n) is 11.5. The number of hydrogen-bond donors (Lipinski definition) is 0. The van der Waals surface area contributed by atoms with Crippen molar-refractivity contribution in [2.24, 2.45) is 0 Å². The van der Waals surface area contributed by atoms with Gasteiger partial charge in [-0.25, -0.2) is 0 Å². The highest BCUT2D eigenvalue weighted by atomic mass is 13.7. The molecule has 0 fully saturated rings. The Labute approximate surface area is 122 Å². The van der Waals surface area contributed by atoms with Crippen molar-refractivity contribution in [1.29, 1.82) is 0 Å². The minimum absolute atomic E-state index is 1.88. The van der Waals surface area contributed by atoms with E-state index >= 15 is 0 Å². The van der Waals surface area contributed by atoms with Gasteiger partial charge >= 0.3 is 0 Å². The number of hydrogen-bond acceptors (Lipinski definition) is 0. The van der Waals surface area contributed by atoms with Crippen LogP contribution >= 0.6 is 0 Å². The van der Waals surface area contributed by atoms with Crippen LogP contribution in [0.3, 0.4) is 0 Å². The highest BCUT2D eigenvalue weighted by Gasteiger charge is 1.67. The summed E-state index contributed by atoms with van der Waals surface area (Å²) in [4.78, 5) is 0. The fourth-order valence-corrected chi connectivity index (χ4v) is 1.24. The van der Waals surface area contributed by atoms with Gasteiger partial charge in [0.15, 0.2) is 0 Å². The third kappa shape index (κ3) is 10.5. The Bertz CT molecular complexity index is 318. The van der Waals surface area contributed by atoms with Crippen LogP contribution in [0.25, 0.3) is 0 Å². The third-order valence-corrected chi connectivity index (χ3v) is 2.16. The molecule has 0 bridgehead atoms. The number of rotatable bonds is 0. The minimum Gasteiger partial charge on any atom is -0.0623 e. The van der Waals surface area contributed by atoms with Crippen molar-refractivity contribution >= 4 is 0 Å². The van der Waals surface area contributed by atoms with Crippen molar-refractivity contribution in [3.8, 4) is 0 Å². The summed E-state index contributed by atoms with van der Waals surface area (Å²) < 4.78 is 0. The zero-order chi connectivity index (χ0) is 14.1. The average Bonchev–Trinajstić information content (AvgIpc) is 2.46. The second-order valence-electron chi connectivity index (χ2n) is 3.77. The lowest BCUT2D eigenvalue weighted by Crippen LogP contribution is -1.56. The molecule has 0 heterocycles. The molecule has 0 spiro atoms. The predicted molar refractivity (Wildman–Crippen MR) is 90.1 cm³/mol. The van der Waals surface area contributed by atoms with E-state index in [0.717, 1.165) is 0 Å². The van der Waals surface area contributed by atoms with Crippen LogP contribution in [0.1, 0.15) is 0 Å². The lowest BCUT2D eigenvalue weighted by Gasteiger charge is -1.77. The highest BCUT2D eigenvalue weighted by Crippen LogP contribution is 1.88. The van der Waals surface area contributed by atoms with Crippen LogP contribution in [0.5, 0.6) is 0 Å². The quantitative estimate of drug-likeness (QED) is 0.549. The Kier molecular flexibility index (Phi) is 9.93. The SMILES string of the molecule is [C]1=C/C=C/C=C\C=C\C=C\C=C/C=C/C=C/C=C/C=C/1. The van der Waals surface area contributed by atoms with E-state index in [2.05, 4.69) is 6.08 Å². The van der Waals surface area contributed by atoms with Gasteiger partial charge in [0, 0.05) is 0 Å². The fourth-order valence-electron chi connectivity index (χ4n) is 1.24. The van der Waals surface area contributed by atoms with Crippen LogP contribution in [0, 0.1) is 6.08 Å². The molecule has 0 aromatic carbocycles. The molecule has 0 heteroatoms. The average molecular weight is 259 g/mol. The summed E-state index contributed by atoms with van der Waals surface area (Å²) in [7, 11) is 0. The molecule has 0 saturated heterocycles. The van der Waals surface area contributed by atoms with E-state index < -0.39 is 0 Å². The predicted octanol–water partition coefficient (Wildman–Crippen LogP) is 5.37. The van der Waals surface area contributed by atoms with E-state index in [1.807, 2.05) is 115 Å². The molecule has 20 heavy (non-hydrogen) atoms. The third-order valence-electron chi connectivity index (χ3n) is 2.16. The Morgan fingerprint density at radius 1 is 0.300 bits per heavy atom. The first-order valence-electron chi connectivity index (χ1n) is 6.58. The normalized spacial score (nSPS) is 32.0. The molecular weight excluding hydrogens is 240 g/mol. The van der Waals surface area contributed by atoms with E-state index in [1.54, 1.807) is 0 Å². The molecule has 0 aromatic heterocycles. The zero-order valence-corrected chi connectivity index (χ0v) is 11.5. The first kappa shape index (κ1) is 15.5. The van der Waals surface area contributed by atoms with Gasteiger partial charge in [0.05, 0.1) is 0 Å². The molecule has 0 N–H and O–H groups in total. The summed E-state index contributed by atoms with van der Waals surface area (Å²) in [5.41, 5.74) is 0. The maximum Gasteiger partial charge on any atom is -0.0184 e. The molecule has 1 rings (SSSR count). The van der Waals surface area contributed by atoms with E-state index in [4.69, 9.17) is 0 Å². The monoisotopic (exact) mass is 259 g/mol. The molecule has 1 aliphatic carbocycles. The van der Waals surface area contributed by atoms with Crippen LogP contribution in [0.4, 0.5) is 0 Å². The highest BCUT2D eigenvalue weighted by molar-refractivity contribution is 5.23. The Morgan fingerprint density at radius 3 is 1.00 bits per heavy atom. The summed E-state index contributed by atoms with van der Waals surface area (Å²) in [6, 6.07) is 0. The van der Waals surface area contributed by atoms with Crippen LogP contribution in [0.2, 0.25) is 0 Å². The molecule has 0 aromatic rings. The molecule has 0 unspecified atom stereocenters. The van der Waals surface area contributed by atoms with Crippen molar-refractivity contribution in [2.45, 2.75) is 0 Å². The van der Waals surface area contributed by atoms with E-state index in [1.165, 1.54) is 0 Å². The van der Waals surface area contributed by atoms with Gasteiger partial charge in [-0.2, -0.15) is 0 Å². The molecule has 0 aliphatic heterocycles. The largest absolute Gasteiger partial charge is 0.0623 e. The topological polar surface area (TPSA) is 0 Å².